The largest absolute Gasteiger partial charge is 0.302 e. The number of halogens is 1. The van der Waals surface area contributed by atoms with Crippen molar-refractivity contribution in [3.8, 4) is 0 Å². The fourth-order valence-electron chi connectivity index (χ4n) is 3.74. The van der Waals surface area contributed by atoms with Gasteiger partial charge in [-0.1, -0.05) is 18.5 Å². The number of carbonyl (C=O) groups is 1. The molecule has 0 bridgehead atoms. The minimum absolute atomic E-state index is 0.150. The third-order valence-corrected chi connectivity index (χ3v) is 9.91. The third kappa shape index (κ3) is 4.14. The third-order valence-electron chi connectivity index (χ3n) is 5.31. The summed E-state index contributed by atoms with van der Waals surface area (Å²) in [6.45, 7) is 2.84. The first-order valence-corrected chi connectivity index (χ1v) is 12.8. The summed E-state index contributed by atoms with van der Waals surface area (Å²) >= 11 is 8.48. The second-order valence-corrected chi connectivity index (χ2v) is 12.5. The van der Waals surface area contributed by atoms with Gasteiger partial charge in [-0.05, 0) is 50.2 Å². The van der Waals surface area contributed by atoms with E-state index in [0.717, 1.165) is 36.3 Å². The maximum Gasteiger partial charge on any atom is 0.252 e. The average Bonchev–Trinajstić information content (AvgIpc) is 3.27. The molecule has 2 aromatic rings. The molecule has 1 aliphatic carbocycles. The van der Waals surface area contributed by atoms with Crippen molar-refractivity contribution >= 4 is 55.3 Å². The van der Waals surface area contributed by atoms with E-state index in [1.165, 1.54) is 15.2 Å². The second-order valence-electron chi connectivity index (χ2n) is 7.49. The van der Waals surface area contributed by atoms with Gasteiger partial charge in [0.05, 0.1) is 15.9 Å². The molecule has 0 aromatic carbocycles. The van der Waals surface area contributed by atoms with Gasteiger partial charge in [-0.15, -0.1) is 22.7 Å². The normalized spacial score (nSPS) is 23.4. The highest BCUT2D eigenvalue weighted by atomic mass is 35.5. The highest BCUT2D eigenvalue weighted by Gasteiger charge is 2.34. The van der Waals surface area contributed by atoms with Gasteiger partial charge in [0.25, 0.3) is 10.0 Å². The van der Waals surface area contributed by atoms with Gasteiger partial charge in [0.15, 0.2) is 5.13 Å². The number of thiophene rings is 1. The van der Waals surface area contributed by atoms with Crippen molar-refractivity contribution in [3.63, 3.8) is 0 Å². The number of rotatable bonds is 4. The summed E-state index contributed by atoms with van der Waals surface area (Å²) in [5, 5.41) is 3.56. The van der Waals surface area contributed by atoms with Gasteiger partial charge in [0.2, 0.25) is 5.91 Å². The molecule has 2 aliphatic rings. The van der Waals surface area contributed by atoms with Crippen molar-refractivity contribution in [2.75, 3.05) is 18.4 Å². The predicted molar refractivity (Wildman–Crippen MR) is 113 cm³/mol. The smallest absolute Gasteiger partial charge is 0.252 e. The van der Waals surface area contributed by atoms with Gasteiger partial charge >= 0.3 is 0 Å². The van der Waals surface area contributed by atoms with Crippen LogP contribution in [0.2, 0.25) is 4.34 Å². The summed E-state index contributed by atoms with van der Waals surface area (Å²) in [4.78, 5) is 18.6. The lowest BCUT2D eigenvalue weighted by Crippen LogP contribution is -2.43. The van der Waals surface area contributed by atoms with Gasteiger partial charge in [0.1, 0.15) is 4.21 Å². The number of nitrogens with one attached hydrogen (secondary N) is 1. The number of amides is 1. The summed E-state index contributed by atoms with van der Waals surface area (Å²) in [7, 11) is -3.61. The number of aromatic nitrogens is 1. The number of aryl methyl sites for hydroxylation is 1. The summed E-state index contributed by atoms with van der Waals surface area (Å²) in [6.07, 6.45) is 4.43. The Labute approximate surface area is 178 Å². The fraction of sp³-hybridized carbons (Fsp3) is 0.556. The molecule has 6 nitrogen and oxygen atoms in total. The molecule has 1 saturated heterocycles. The molecule has 1 N–H and O–H groups in total. The quantitative estimate of drug-likeness (QED) is 0.748. The molecule has 0 saturated carbocycles. The molecule has 2 atom stereocenters. The van der Waals surface area contributed by atoms with Gasteiger partial charge in [0, 0.05) is 18.0 Å². The van der Waals surface area contributed by atoms with Crippen molar-refractivity contribution in [1.29, 1.82) is 0 Å². The van der Waals surface area contributed by atoms with Gasteiger partial charge in [-0.25, -0.2) is 13.4 Å². The van der Waals surface area contributed by atoms with E-state index >= 15 is 0 Å². The van der Waals surface area contributed by atoms with Crippen LogP contribution in [0.1, 0.15) is 36.8 Å². The molecule has 0 spiro atoms. The molecule has 0 radical (unpaired) electrons. The van der Waals surface area contributed by atoms with Crippen molar-refractivity contribution in [2.24, 2.45) is 11.8 Å². The first-order chi connectivity index (χ1) is 13.3. The van der Waals surface area contributed by atoms with Crippen molar-refractivity contribution in [2.45, 2.75) is 43.2 Å². The number of anilines is 1. The SMILES string of the molecule is CC1CCc2nc(NC(=O)C3CCCN(S(=O)(=O)c4ccc(Cl)s4)C3)sc2C1. The van der Waals surface area contributed by atoms with Crippen molar-refractivity contribution in [3.05, 3.63) is 27.0 Å². The van der Waals surface area contributed by atoms with Crippen LogP contribution in [0, 0.1) is 11.8 Å². The minimum Gasteiger partial charge on any atom is -0.302 e. The van der Waals surface area contributed by atoms with E-state index in [1.54, 1.807) is 17.4 Å². The Balaban J connectivity index is 1.44. The zero-order valence-corrected chi connectivity index (χ0v) is 18.7. The minimum atomic E-state index is -3.61. The first-order valence-electron chi connectivity index (χ1n) is 9.38. The van der Waals surface area contributed by atoms with E-state index in [-0.39, 0.29) is 22.6 Å². The van der Waals surface area contributed by atoms with Gasteiger partial charge in [-0.3, -0.25) is 4.79 Å². The van der Waals surface area contributed by atoms with E-state index in [2.05, 4.69) is 17.2 Å². The molecule has 2 unspecified atom stereocenters. The molecule has 3 heterocycles. The van der Waals surface area contributed by atoms with Crippen molar-refractivity contribution < 1.29 is 13.2 Å². The molecule has 1 fully saturated rings. The Morgan fingerprint density at radius 3 is 2.89 bits per heavy atom. The van der Waals surface area contributed by atoms with Crippen LogP contribution in [0.4, 0.5) is 5.13 Å². The van der Waals surface area contributed by atoms with Crippen LogP contribution in [0.25, 0.3) is 0 Å². The highest BCUT2D eigenvalue weighted by Crippen LogP contribution is 2.33. The van der Waals surface area contributed by atoms with Crippen LogP contribution in [0.5, 0.6) is 0 Å². The maximum atomic E-state index is 12.8. The monoisotopic (exact) mass is 459 g/mol. The molecule has 152 valence electrons. The molecule has 28 heavy (non-hydrogen) atoms. The molecule has 10 heteroatoms. The zero-order chi connectivity index (χ0) is 19.9. The van der Waals surface area contributed by atoms with E-state index < -0.39 is 10.0 Å². The lowest BCUT2D eigenvalue weighted by Gasteiger charge is -2.30. The van der Waals surface area contributed by atoms with Gasteiger partial charge < -0.3 is 5.32 Å². The Bertz CT molecular complexity index is 985. The van der Waals surface area contributed by atoms with Crippen LogP contribution in [-0.2, 0) is 27.7 Å². The van der Waals surface area contributed by atoms with E-state index in [1.807, 2.05) is 0 Å². The van der Waals surface area contributed by atoms with E-state index in [9.17, 15) is 13.2 Å². The molecular weight excluding hydrogens is 438 g/mol. The van der Waals surface area contributed by atoms with E-state index in [4.69, 9.17) is 11.6 Å². The Hall–Kier alpha value is -1.000. The number of nitrogens with zero attached hydrogens (tertiary/aromatic N) is 2. The van der Waals surface area contributed by atoms with Crippen LogP contribution in [0.3, 0.4) is 0 Å². The summed E-state index contributed by atoms with van der Waals surface area (Å²) in [5.41, 5.74) is 1.10. The molecule has 1 amide bonds. The summed E-state index contributed by atoms with van der Waals surface area (Å²) < 4.78 is 27.7. The Morgan fingerprint density at radius 1 is 1.32 bits per heavy atom. The number of hydrogen-bond acceptors (Lipinski definition) is 6. The van der Waals surface area contributed by atoms with Crippen LogP contribution in [0.15, 0.2) is 16.3 Å². The molecular formula is C18H22ClN3O3S3. The van der Waals surface area contributed by atoms with Crippen LogP contribution in [-0.4, -0.2) is 36.7 Å². The molecule has 2 aromatic heterocycles. The fourth-order valence-corrected chi connectivity index (χ4v) is 8.07. The number of thiazole rings is 1. The zero-order valence-electron chi connectivity index (χ0n) is 15.5. The van der Waals surface area contributed by atoms with Crippen LogP contribution >= 0.6 is 34.3 Å². The Morgan fingerprint density at radius 2 is 2.14 bits per heavy atom. The highest BCUT2D eigenvalue weighted by molar-refractivity contribution is 7.91. The summed E-state index contributed by atoms with van der Waals surface area (Å²) in [5.74, 6) is 0.126. The number of sulfonamides is 1. The summed E-state index contributed by atoms with van der Waals surface area (Å²) in [6, 6.07) is 3.10. The standard InChI is InChI=1S/C18H22ClN3O3S3/c1-11-4-5-13-14(9-11)26-18(20-13)21-17(23)12-3-2-8-22(10-12)28(24,25)16-7-6-15(19)27-16/h6-7,11-12H,2-5,8-10H2,1H3,(H,20,21,23). The Kier molecular flexibility index (Phi) is 5.81. The second kappa shape index (κ2) is 8.02. The number of fused-ring (bicyclic) bond motifs is 1. The molecule has 4 rings (SSSR count). The lowest BCUT2D eigenvalue weighted by atomic mass is 9.93. The predicted octanol–water partition coefficient (Wildman–Crippen LogP) is 4.02. The van der Waals surface area contributed by atoms with Crippen molar-refractivity contribution in [1.82, 2.24) is 9.29 Å². The van der Waals surface area contributed by atoms with Crippen LogP contribution < -0.4 is 5.32 Å². The van der Waals surface area contributed by atoms with E-state index in [0.29, 0.717) is 34.8 Å². The topological polar surface area (TPSA) is 79.4 Å². The number of hydrogen-bond donors (Lipinski definition) is 1. The number of carbonyl (C=O) groups excluding carboxylic acids is 1. The first kappa shape index (κ1) is 20.3. The average molecular weight is 460 g/mol. The number of piperidine rings is 1. The lowest BCUT2D eigenvalue weighted by molar-refractivity contribution is -0.120. The molecule has 1 aliphatic heterocycles. The maximum absolute atomic E-state index is 12.8. The van der Waals surface area contributed by atoms with Gasteiger partial charge in [-0.2, -0.15) is 4.31 Å².